The quantitative estimate of drug-likeness (QED) is 0.117. The lowest BCUT2D eigenvalue weighted by atomic mass is 9.72. The monoisotopic (exact) mass is 643 g/mol. The Kier molecular flexibility index (Phi) is 8.45. The Morgan fingerprint density at radius 3 is 2.49 bits per heavy atom. The van der Waals surface area contributed by atoms with Crippen LogP contribution < -0.4 is 30.9 Å². The van der Waals surface area contributed by atoms with Crippen LogP contribution in [-0.4, -0.2) is 96.3 Å². The third-order valence-corrected chi connectivity index (χ3v) is 8.16. The van der Waals surface area contributed by atoms with E-state index in [9.17, 15) is 42.5 Å². The van der Waals surface area contributed by atoms with Gasteiger partial charge in [0.1, 0.15) is 11.8 Å². The summed E-state index contributed by atoms with van der Waals surface area (Å²) in [7, 11) is -5.89. The molecule has 1 saturated heterocycles. The summed E-state index contributed by atoms with van der Waals surface area (Å²) in [5, 5.41) is 30.1. The predicted molar refractivity (Wildman–Crippen MR) is 157 cm³/mol. The van der Waals surface area contributed by atoms with E-state index in [0.29, 0.717) is 23.3 Å². The van der Waals surface area contributed by atoms with Crippen LogP contribution in [0.15, 0.2) is 42.5 Å². The van der Waals surface area contributed by atoms with Crippen molar-refractivity contribution in [3.8, 4) is 5.75 Å². The second-order valence-corrected chi connectivity index (χ2v) is 12.4. The third kappa shape index (κ3) is 7.17. The molecule has 5 rings (SSSR count). The van der Waals surface area contributed by atoms with Crippen LogP contribution >= 0.6 is 0 Å². The number of carboxylic acid groups (broad SMARTS) is 1. The van der Waals surface area contributed by atoms with Gasteiger partial charge in [-0.1, -0.05) is 24.3 Å². The molecule has 1 aliphatic carbocycles. The predicted octanol–water partition coefficient (Wildman–Crippen LogP) is -1.95. The van der Waals surface area contributed by atoms with Crippen molar-refractivity contribution in [2.45, 2.75) is 36.8 Å². The van der Waals surface area contributed by atoms with Crippen molar-refractivity contribution >= 4 is 52.7 Å². The highest BCUT2D eigenvalue weighted by Crippen LogP contribution is 2.33. The first-order valence-electron chi connectivity index (χ1n) is 13.7. The van der Waals surface area contributed by atoms with Crippen molar-refractivity contribution in [1.82, 2.24) is 20.4 Å². The van der Waals surface area contributed by atoms with Gasteiger partial charge in [0.2, 0.25) is 5.91 Å². The highest BCUT2D eigenvalue weighted by atomic mass is 32.2. The molecule has 45 heavy (non-hydrogen) atoms. The van der Waals surface area contributed by atoms with Gasteiger partial charge in [0.15, 0.2) is 0 Å². The summed E-state index contributed by atoms with van der Waals surface area (Å²) in [5.41, 5.74) is 5.73. The minimum Gasteiger partial charge on any atom is -0.534 e. The maximum Gasteiger partial charge on any atom is 0.547 e. The molecule has 19 heteroatoms. The third-order valence-electron chi connectivity index (χ3n) is 7.64. The Morgan fingerprint density at radius 2 is 1.82 bits per heavy atom. The Morgan fingerprint density at radius 1 is 1.11 bits per heavy atom. The highest BCUT2D eigenvalue weighted by Gasteiger charge is 2.45. The minimum absolute atomic E-state index is 0.0327. The SMILES string of the molecule is NC1(CN2CCN(C(=O)NC(C(=O)N[C@H]3Cc4cccc(C(=O)O)c4OB3O)c3cccc(NS(N)(=O)=O)c3)C(=O)C2=O)CC1. The molecule has 5 amide bonds. The van der Waals surface area contributed by atoms with Gasteiger partial charge in [-0.25, -0.2) is 14.7 Å². The van der Waals surface area contributed by atoms with Gasteiger partial charge in [-0.05, 0) is 48.6 Å². The van der Waals surface area contributed by atoms with Crippen LogP contribution in [-0.2, 0) is 31.0 Å². The molecule has 2 aliphatic heterocycles. The largest absolute Gasteiger partial charge is 0.547 e. The number of imide groups is 1. The van der Waals surface area contributed by atoms with Crippen molar-refractivity contribution in [3.05, 3.63) is 59.2 Å². The van der Waals surface area contributed by atoms with Crippen molar-refractivity contribution in [2.75, 3.05) is 24.4 Å². The standard InChI is InChI=1S/C26H30BN7O10S/c28-26(7-8-26)13-33-9-10-34(23(37)22(33)36)25(40)31-19(14-3-1-5-16(11-14)32-45(29,42)43)21(35)30-18-12-15-4-2-6-17(24(38)39)20(15)44-27(18)41/h1-6,11,18-19,32,41H,7-10,12-13,28H2,(H,30,35)(H,31,40)(H,38,39)(H2,29,42,43)/t18-,19?/m0/s1. The van der Waals surface area contributed by atoms with Gasteiger partial charge < -0.3 is 36.1 Å². The number of piperazine rings is 1. The van der Waals surface area contributed by atoms with Crippen molar-refractivity contribution in [2.24, 2.45) is 10.9 Å². The number of anilines is 1. The Bertz CT molecular complexity index is 1690. The molecule has 1 saturated carbocycles. The number of rotatable bonds is 9. The van der Waals surface area contributed by atoms with Gasteiger partial charge in [-0.2, -0.15) is 8.42 Å². The van der Waals surface area contributed by atoms with E-state index in [1.807, 2.05) is 0 Å². The lowest BCUT2D eigenvalue weighted by Gasteiger charge is -2.35. The van der Waals surface area contributed by atoms with Crippen molar-refractivity contribution in [3.63, 3.8) is 0 Å². The van der Waals surface area contributed by atoms with Crippen LogP contribution in [0.2, 0.25) is 0 Å². The maximum absolute atomic E-state index is 13.7. The number of carbonyl (C=O) groups excluding carboxylic acids is 4. The number of carbonyl (C=O) groups is 5. The topological polar surface area (TPSA) is 264 Å². The fourth-order valence-electron chi connectivity index (χ4n) is 5.15. The molecule has 2 fully saturated rings. The zero-order valence-electron chi connectivity index (χ0n) is 23.6. The Balaban J connectivity index is 1.37. The van der Waals surface area contributed by atoms with Gasteiger partial charge in [-0.15, -0.1) is 0 Å². The fraction of sp³-hybridized carbons (Fsp3) is 0.346. The van der Waals surface area contributed by atoms with Crippen LogP contribution in [0.5, 0.6) is 5.75 Å². The van der Waals surface area contributed by atoms with Gasteiger partial charge in [0, 0.05) is 25.2 Å². The lowest BCUT2D eigenvalue weighted by molar-refractivity contribution is -0.154. The molecule has 238 valence electrons. The molecule has 2 heterocycles. The summed E-state index contributed by atoms with van der Waals surface area (Å²) in [4.78, 5) is 66.2. The molecule has 9 N–H and O–H groups in total. The highest BCUT2D eigenvalue weighted by molar-refractivity contribution is 7.90. The van der Waals surface area contributed by atoms with Crippen LogP contribution in [0.25, 0.3) is 0 Å². The summed E-state index contributed by atoms with van der Waals surface area (Å²) in [6.07, 6.45) is 1.37. The van der Waals surface area contributed by atoms with E-state index in [1.54, 1.807) is 6.07 Å². The summed E-state index contributed by atoms with van der Waals surface area (Å²) in [6.45, 7) is 0.0292. The number of nitrogens with one attached hydrogen (secondary N) is 3. The molecule has 0 aromatic heterocycles. The van der Waals surface area contributed by atoms with Gasteiger partial charge in [-0.3, -0.25) is 24.0 Å². The first-order chi connectivity index (χ1) is 21.1. The molecular weight excluding hydrogens is 613 g/mol. The number of urea groups is 1. The molecule has 2 aromatic rings. The number of aromatic carboxylic acids is 1. The van der Waals surface area contributed by atoms with Gasteiger partial charge in [0.05, 0.1) is 17.2 Å². The van der Waals surface area contributed by atoms with E-state index in [1.165, 1.54) is 41.3 Å². The summed E-state index contributed by atoms with van der Waals surface area (Å²) >= 11 is 0. The molecule has 3 aliphatic rings. The number of fused-ring (bicyclic) bond motifs is 1. The number of hydrogen-bond donors (Lipinski definition) is 7. The number of benzene rings is 2. The van der Waals surface area contributed by atoms with E-state index in [0.717, 1.165) is 0 Å². The Hall–Kier alpha value is -4.72. The fourth-order valence-corrected chi connectivity index (χ4v) is 5.60. The second-order valence-electron chi connectivity index (χ2n) is 11.1. The molecule has 0 radical (unpaired) electrons. The number of carboxylic acids is 1. The number of hydrogen-bond acceptors (Lipinski definition) is 10. The molecule has 0 spiro atoms. The molecule has 2 atom stereocenters. The van der Waals surface area contributed by atoms with E-state index >= 15 is 0 Å². The van der Waals surface area contributed by atoms with Gasteiger partial charge >= 0.3 is 30.9 Å². The van der Waals surface area contributed by atoms with Crippen molar-refractivity contribution < 1.29 is 47.2 Å². The van der Waals surface area contributed by atoms with Crippen LogP contribution in [0.1, 0.15) is 40.4 Å². The van der Waals surface area contributed by atoms with Crippen molar-refractivity contribution in [1.29, 1.82) is 0 Å². The lowest BCUT2D eigenvalue weighted by Crippen LogP contribution is -2.61. The smallest absolute Gasteiger partial charge is 0.534 e. The summed E-state index contributed by atoms with van der Waals surface area (Å²) in [6, 6.07) is 7.00. The van der Waals surface area contributed by atoms with E-state index in [-0.39, 0.29) is 48.6 Å². The summed E-state index contributed by atoms with van der Waals surface area (Å²) < 4.78 is 30.7. The van der Waals surface area contributed by atoms with Crippen LogP contribution in [0.3, 0.4) is 0 Å². The number of para-hydroxylation sites is 1. The average Bonchev–Trinajstić information content (AvgIpc) is 3.69. The normalized spacial score (nSPS) is 19.6. The van der Waals surface area contributed by atoms with Gasteiger partial charge in [0.25, 0.3) is 10.2 Å². The molecule has 1 unspecified atom stereocenters. The molecule has 0 bridgehead atoms. The number of amides is 5. The zero-order chi connectivity index (χ0) is 32.7. The first kappa shape index (κ1) is 31.7. The van der Waals surface area contributed by atoms with Crippen LogP contribution in [0, 0.1) is 0 Å². The zero-order valence-corrected chi connectivity index (χ0v) is 24.5. The van der Waals surface area contributed by atoms with E-state index in [2.05, 4.69) is 15.4 Å². The second kappa shape index (κ2) is 12.0. The van der Waals surface area contributed by atoms with Crippen LogP contribution in [0.4, 0.5) is 10.5 Å². The number of nitrogens with zero attached hydrogens (tertiary/aromatic N) is 2. The Labute approximate surface area is 257 Å². The molecule has 17 nitrogen and oxygen atoms in total. The minimum atomic E-state index is -4.21. The number of nitrogens with two attached hydrogens (primary N) is 2. The molecule has 2 aromatic carbocycles. The van der Waals surface area contributed by atoms with E-state index < -0.39 is 64.6 Å². The average molecular weight is 643 g/mol. The van der Waals surface area contributed by atoms with E-state index in [4.69, 9.17) is 15.5 Å². The summed E-state index contributed by atoms with van der Waals surface area (Å²) in [5.74, 6) is -5.39. The maximum atomic E-state index is 13.7. The molecular formula is C26H30BN7O10S. The first-order valence-corrected chi connectivity index (χ1v) is 15.3.